The summed E-state index contributed by atoms with van der Waals surface area (Å²) < 4.78 is 0. The van der Waals surface area contributed by atoms with Gasteiger partial charge >= 0.3 is 0 Å². The van der Waals surface area contributed by atoms with Crippen LogP contribution in [0.3, 0.4) is 0 Å². The van der Waals surface area contributed by atoms with E-state index in [-0.39, 0.29) is 0 Å². The summed E-state index contributed by atoms with van der Waals surface area (Å²) in [5.74, 6) is 0. The predicted octanol–water partition coefficient (Wildman–Crippen LogP) is 4.27. The lowest BCUT2D eigenvalue weighted by atomic mass is 9.99. The monoisotopic (exact) mass is 165 g/mol. The van der Waals surface area contributed by atoms with Crippen LogP contribution in [0.25, 0.3) is 0 Å². The van der Waals surface area contributed by atoms with E-state index in [1.807, 2.05) is 0 Å². The van der Waals surface area contributed by atoms with Crippen molar-refractivity contribution in [3.63, 3.8) is 0 Å². The molecule has 0 saturated heterocycles. The highest BCUT2D eigenvalue weighted by molar-refractivity contribution is 5.02. The molecule has 0 aromatic carbocycles. The first-order valence-electron chi connectivity index (χ1n) is 5.40. The number of hydrogen-bond donors (Lipinski definition) is 0. The molecule has 1 aliphatic carbocycles. The SMILES string of the molecule is [CH2]CC1=CCCCCCCCC1. The van der Waals surface area contributed by atoms with Gasteiger partial charge in [-0.25, -0.2) is 0 Å². The molecule has 12 heavy (non-hydrogen) atoms. The molecule has 0 N–H and O–H groups in total. The first-order chi connectivity index (χ1) is 5.93. The summed E-state index contributed by atoms with van der Waals surface area (Å²) in [7, 11) is 0. The summed E-state index contributed by atoms with van der Waals surface area (Å²) in [5.41, 5.74) is 1.59. The molecule has 0 aliphatic heterocycles. The highest BCUT2D eigenvalue weighted by atomic mass is 14.0. The zero-order valence-corrected chi connectivity index (χ0v) is 8.15. The van der Waals surface area contributed by atoms with Crippen LogP contribution in [0.4, 0.5) is 0 Å². The van der Waals surface area contributed by atoms with Gasteiger partial charge in [-0.2, -0.15) is 0 Å². The Balaban J connectivity index is 2.32. The highest BCUT2D eigenvalue weighted by Gasteiger charge is 1.98. The molecule has 0 heterocycles. The minimum atomic E-state index is 1.03. The third kappa shape index (κ3) is 3.94. The van der Waals surface area contributed by atoms with Crippen molar-refractivity contribution in [1.29, 1.82) is 0 Å². The Kier molecular flexibility index (Phi) is 5.14. The topological polar surface area (TPSA) is 0 Å². The van der Waals surface area contributed by atoms with E-state index >= 15 is 0 Å². The van der Waals surface area contributed by atoms with Crippen LogP contribution in [0.5, 0.6) is 0 Å². The van der Waals surface area contributed by atoms with Gasteiger partial charge in [-0.15, -0.1) is 0 Å². The predicted molar refractivity (Wildman–Crippen MR) is 55.0 cm³/mol. The molecule has 1 rings (SSSR count). The standard InChI is InChI=1S/C12H21/c1-2-12-10-8-6-4-3-5-7-9-11-12/h10H,1-9,11H2. The maximum Gasteiger partial charge on any atom is -0.0320 e. The highest BCUT2D eigenvalue weighted by Crippen LogP contribution is 2.18. The van der Waals surface area contributed by atoms with Crippen LogP contribution < -0.4 is 0 Å². The molecule has 1 aliphatic rings. The van der Waals surface area contributed by atoms with E-state index in [1.54, 1.807) is 5.57 Å². The number of hydrogen-bond acceptors (Lipinski definition) is 0. The first-order valence-corrected chi connectivity index (χ1v) is 5.40. The van der Waals surface area contributed by atoms with Crippen molar-refractivity contribution in [2.45, 2.75) is 57.8 Å². The lowest BCUT2D eigenvalue weighted by Gasteiger charge is -2.07. The molecule has 0 amide bonds. The van der Waals surface area contributed by atoms with Crippen molar-refractivity contribution in [3.05, 3.63) is 18.6 Å². The van der Waals surface area contributed by atoms with E-state index in [4.69, 9.17) is 0 Å². The van der Waals surface area contributed by atoms with Crippen LogP contribution in [0, 0.1) is 6.92 Å². The van der Waals surface area contributed by atoms with Crippen molar-refractivity contribution in [3.8, 4) is 0 Å². The van der Waals surface area contributed by atoms with Crippen LogP contribution in [-0.4, -0.2) is 0 Å². The van der Waals surface area contributed by atoms with Crippen LogP contribution in [-0.2, 0) is 0 Å². The quantitative estimate of drug-likeness (QED) is 0.509. The molecule has 0 unspecified atom stereocenters. The van der Waals surface area contributed by atoms with Gasteiger partial charge in [0.05, 0.1) is 0 Å². The van der Waals surface area contributed by atoms with E-state index < -0.39 is 0 Å². The molecular formula is C12H21. The molecule has 1 radical (unpaired) electrons. The maximum absolute atomic E-state index is 3.97. The second-order valence-corrected chi connectivity index (χ2v) is 3.77. The fourth-order valence-corrected chi connectivity index (χ4v) is 1.84. The average molecular weight is 165 g/mol. The molecule has 0 bridgehead atoms. The second-order valence-electron chi connectivity index (χ2n) is 3.77. The zero-order chi connectivity index (χ0) is 8.65. The normalized spacial score (nSPS) is 21.6. The molecule has 0 saturated carbocycles. The van der Waals surface area contributed by atoms with Crippen molar-refractivity contribution in [2.24, 2.45) is 0 Å². The number of allylic oxidation sites excluding steroid dienone is 2. The van der Waals surface area contributed by atoms with Gasteiger partial charge in [-0.1, -0.05) is 37.3 Å². The zero-order valence-electron chi connectivity index (χ0n) is 8.15. The largest absolute Gasteiger partial charge is 0.0853 e. The molecule has 0 heteroatoms. The lowest BCUT2D eigenvalue weighted by Crippen LogP contribution is -1.88. The summed E-state index contributed by atoms with van der Waals surface area (Å²) in [6, 6.07) is 0. The molecule has 0 aromatic heterocycles. The van der Waals surface area contributed by atoms with Gasteiger partial charge in [0.15, 0.2) is 0 Å². The summed E-state index contributed by atoms with van der Waals surface area (Å²) in [6.45, 7) is 3.97. The van der Waals surface area contributed by atoms with Gasteiger partial charge in [-0.3, -0.25) is 0 Å². The van der Waals surface area contributed by atoms with Gasteiger partial charge in [0.2, 0.25) is 0 Å². The van der Waals surface area contributed by atoms with E-state index in [0.717, 1.165) is 6.42 Å². The molecule has 0 atom stereocenters. The Morgan fingerprint density at radius 3 is 2.42 bits per heavy atom. The van der Waals surface area contributed by atoms with Crippen LogP contribution in [0.1, 0.15) is 57.8 Å². The minimum Gasteiger partial charge on any atom is -0.0853 e. The van der Waals surface area contributed by atoms with Crippen molar-refractivity contribution in [2.75, 3.05) is 0 Å². The third-order valence-electron chi connectivity index (χ3n) is 2.71. The summed E-state index contributed by atoms with van der Waals surface area (Å²) in [5, 5.41) is 0. The third-order valence-corrected chi connectivity index (χ3v) is 2.71. The first kappa shape index (κ1) is 9.83. The molecule has 0 fully saturated rings. The van der Waals surface area contributed by atoms with Crippen LogP contribution in [0.15, 0.2) is 11.6 Å². The van der Waals surface area contributed by atoms with E-state index in [2.05, 4.69) is 13.0 Å². The fourth-order valence-electron chi connectivity index (χ4n) is 1.84. The Bertz CT molecular complexity index is 133. The minimum absolute atomic E-state index is 1.03. The second kappa shape index (κ2) is 6.28. The van der Waals surface area contributed by atoms with Crippen molar-refractivity contribution < 1.29 is 0 Å². The summed E-state index contributed by atoms with van der Waals surface area (Å²) >= 11 is 0. The van der Waals surface area contributed by atoms with Crippen molar-refractivity contribution in [1.82, 2.24) is 0 Å². The lowest BCUT2D eigenvalue weighted by molar-refractivity contribution is 0.583. The number of rotatable bonds is 1. The Morgan fingerprint density at radius 1 is 1.00 bits per heavy atom. The van der Waals surface area contributed by atoms with Gasteiger partial charge in [0.25, 0.3) is 0 Å². The van der Waals surface area contributed by atoms with E-state index in [1.165, 1.54) is 51.4 Å². The van der Waals surface area contributed by atoms with E-state index in [9.17, 15) is 0 Å². The molecule has 0 spiro atoms. The fraction of sp³-hybridized carbons (Fsp3) is 0.750. The Hall–Kier alpha value is -0.260. The Labute approximate surface area is 77.1 Å². The smallest absolute Gasteiger partial charge is 0.0320 e. The van der Waals surface area contributed by atoms with Crippen LogP contribution >= 0.6 is 0 Å². The van der Waals surface area contributed by atoms with Gasteiger partial charge in [0.1, 0.15) is 0 Å². The van der Waals surface area contributed by atoms with Crippen LogP contribution in [0.2, 0.25) is 0 Å². The molecule has 0 aromatic rings. The molecule has 0 nitrogen and oxygen atoms in total. The van der Waals surface area contributed by atoms with Gasteiger partial charge < -0.3 is 0 Å². The van der Waals surface area contributed by atoms with E-state index in [0.29, 0.717) is 0 Å². The Morgan fingerprint density at radius 2 is 1.67 bits per heavy atom. The van der Waals surface area contributed by atoms with Gasteiger partial charge in [-0.05, 0) is 39.0 Å². The summed E-state index contributed by atoms with van der Waals surface area (Å²) in [4.78, 5) is 0. The maximum atomic E-state index is 3.97. The molecule has 69 valence electrons. The van der Waals surface area contributed by atoms with Gasteiger partial charge in [0, 0.05) is 0 Å². The summed E-state index contributed by atoms with van der Waals surface area (Å²) in [6.07, 6.45) is 14.6. The average Bonchev–Trinajstić information content (AvgIpc) is 2.14. The van der Waals surface area contributed by atoms with Crippen molar-refractivity contribution >= 4 is 0 Å². The molecular weight excluding hydrogens is 144 g/mol.